The number of hydrogen-bond donors (Lipinski definition) is 2. The van der Waals surface area contributed by atoms with Crippen LogP contribution in [0.5, 0.6) is 0 Å². The molecule has 0 aliphatic heterocycles. The van der Waals surface area contributed by atoms with Crippen LogP contribution in [0.1, 0.15) is 5.69 Å². The fraction of sp³-hybridized carbons (Fsp3) is 0.118. The lowest BCUT2D eigenvalue weighted by atomic mass is 10.1. The number of nitrogens with zero attached hydrogens (tertiary/aromatic N) is 3. The van der Waals surface area contributed by atoms with Crippen LogP contribution in [-0.4, -0.2) is 20.8 Å². The maximum Gasteiger partial charge on any atom is 0.297 e. The largest absolute Gasteiger partial charge is 0.397 e. The Morgan fingerprint density at radius 2 is 1.87 bits per heavy atom. The Morgan fingerprint density at radius 3 is 2.52 bits per heavy atom. The van der Waals surface area contributed by atoms with Crippen LogP contribution in [0.15, 0.2) is 64.0 Å². The molecule has 6 heteroatoms. The zero-order chi connectivity index (χ0) is 16.6. The van der Waals surface area contributed by atoms with E-state index in [0.29, 0.717) is 22.8 Å². The van der Waals surface area contributed by atoms with Crippen molar-refractivity contribution in [3.8, 4) is 5.69 Å². The van der Waals surface area contributed by atoms with E-state index in [1.165, 1.54) is 6.08 Å². The van der Waals surface area contributed by atoms with Crippen molar-refractivity contribution < 1.29 is 0 Å². The maximum atomic E-state index is 12.8. The van der Waals surface area contributed by atoms with Crippen molar-refractivity contribution in [3.05, 3.63) is 70.3 Å². The first-order chi connectivity index (χ1) is 11.0. The molecule has 0 amide bonds. The average Bonchev–Trinajstić information content (AvgIpc) is 2.74. The van der Waals surface area contributed by atoms with E-state index in [9.17, 15) is 4.79 Å². The molecule has 0 saturated heterocycles. The van der Waals surface area contributed by atoms with Gasteiger partial charge in [-0.15, -0.1) is 0 Å². The Labute approximate surface area is 133 Å². The first-order valence-electron chi connectivity index (χ1n) is 7.16. The highest BCUT2D eigenvalue weighted by atomic mass is 16.1. The van der Waals surface area contributed by atoms with Crippen LogP contribution in [0.25, 0.3) is 5.69 Å². The minimum atomic E-state index is -0.203. The van der Waals surface area contributed by atoms with E-state index in [4.69, 9.17) is 11.1 Å². The van der Waals surface area contributed by atoms with E-state index in [1.54, 1.807) is 21.5 Å². The number of aliphatic imine (C=N–C) groups is 1. The van der Waals surface area contributed by atoms with Gasteiger partial charge in [0.2, 0.25) is 0 Å². The Balaban J connectivity index is 2.17. The second kappa shape index (κ2) is 5.57. The standard InChI is InChI=1S/C17H17N5O/c1-11-16(20-15-9-8-12(18)10-14(15)19)17(23)22(21(11)2)13-6-4-3-5-7-13/h3-10,18H,19H2,1-2H3/b18-12?,20-15-. The molecule has 0 spiro atoms. The molecule has 0 saturated carbocycles. The van der Waals surface area contributed by atoms with Crippen LogP contribution in [0.4, 0.5) is 5.69 Å². The van der Waals surface area contributed by atoms with Gasteiger partial charge in [-0.1, -0.05) is 18.2 Å². The van der Waals surface area contributed by atoms with Crippen molar-refractivity contribution in [2.75, 3.05) is 0 Å². The van der Waals surface area contributed by atoms with Gasteiger partial charge in [-0.3, -0.25) is 9.48 Å². The van der Waals surface area contributed by atoms with Gasteiger partial charge in [-0.05, 0) is 37.3 Å². The summed E-state index contributed by atoms with van der Waals surface area (Å²) in [6, 6.07) is 9.40. The summed E-state index contributed by atoms with van der Waals surface area (Å²) in [4.78, 5) is 17.2. The van der Waals surface area contributed by atoms with Gasteiger partial charge < -0.3 is 11.1 Å². The lowest BCUT2D eigenvalue weighted by Gasteiger charge is -2.07. The zero-order valence-electron chi connectivity index (χ0n) is 12.9. The molecule has 23 heavy (non-hydrogen) atoms. The molecule has 6 nitrogen and oxygen atoms in total. The Kier molecular flexibility index (Phi) is 3.57. The monoisotopic (exact) mass is 307 g/mol. The molecular formula is C17H17N5O. The van der Waals surface area contributed by atoms with Gasteiger partial charge in [0.25, 0.3) is 5.56 Å². The Bertz CT molecular complexity index is 926. The molecular weight excluding hydrogens is 290 g/mol. The quantitative estimate of drug-likeness (QED) is 0.831. The fourth-order valence-corrected chi connectivity index (χ4v) is 2.46. The van der Waals surface area contributed by atoms with Gasteiger partial charge in [0.15, 0.2) is 5.69 Å². The average molecular weight is 307 g/mol. The van der Waals surface area contributed by atoms with E-state index in [1.807, 2.05) is 44.3 Å². The smallest absolute Gasteiger partial charge is 0.297 e. The van der Waals surface area contributed by atoms with Gasteiger partial charge in [0.1, 0.15) is 0 Å². The number of para-hydroxylation sites is 1. The summed E-state index contributed by atoms with van der Waals surface area (Å²) in [6.45, 7) is 1.84. The summed E-state index contributed by atoms with van der Waals surface area (Å²) in [6.07, 6.45) is 4.77. The number of benzene rings is 1. The second-order valence-electron chi connectivity index (χ2n) is 5.30. The van der Waals surface area contributed by atoms with Crippen LogP contribution >= 0.6 is 0 Å². The predicted molar refractivity (Wildman–Crippen MR) is 92.0 cm³/mol. The molecule has 1 aliphatic carbocycles. The molecule has 0 atom stereocenters. The van der Waals surface area contributed by atoms with Gasteiger partial charge in [0, 0.05) is 7.05 Å². The lowest BCUT2D eigenvalue weighted by Crippen LogP contribution is -2.19. The molecule has 116 valence electrons. The third-order valence-corrected chi connectivity index (χ3v) is 3.78. The highest BCUT2D eigenvalue weighted by Crippen LogP contribution is 2.18. The van der Waals surface area contributed by atoms with E-state index >= 15 is 0 Å². The summed E-state index contributed by atoms with van der Waals surface area (Å²) < 4.78 is 3.34. The summed E-state index contributed by atoms with van der Waals surface area (Å²) >= 11 is 0. The summed E-state index contributed by atoms with van der Waals surface area (Å²) in [5, 5.41) is 7.56. The van der Waals surface area contributed by atoms with Crippen LogP contribution in [0, 0.1) is 12.3 Å². The normalized spacial score (nSPS) is 16.0. The van der Waals surface area contributed by atoms with Crippen molar-refractivity contribution in [1.82, 2.24) is 9.36 Å². The number of nitrogens with one attached hydrogen (secondary N) is 1. The SMILES string of the molecule is Cc1c(/N=C2/C=CC(=N)C=C2N)c(=O)n(-c2ccccc2)n1C. The molecule has 1 aromatic carbocycles. The van der Waals surface area contributed by atoms with Crippen LogP contribution in [0.3, 0.4) is 0 Å². The number of nitrogens with two attached hydrogens (primary N) is 1. The topological polar surface area (TPSA) is 89.2 Å². The Hall–Kier alpha value is -3.15. The highest BCUT2D eigenvalue weighted by molar-refractivity contribution is 6.20. The highest BCUT2D eigenvalue weighted by Gasteiger charge is 2.17. The number of aromatic nitrogens is 2. The van der Waals surface area contributed by atoms with Gasteiger partial charge in [-0.2, -0.15) is 0 Å². The van der Waals surface area contributed by atoms with Crippen molar-refractivity contribution in [2.24, 2.45) is 17.8 Å². The molecule has 0 unspecified atom stereocenters. The summed E-state index contributed by atoms with van der Waals surface area (Å²) in [7, 11) is 1.82. The maximum absolute atomic E-state index is 12.8. The van der Waals surface area contributed by atoms with Crippen LogP contribution in [-0.2, 0) is 7.05 Å². The molecule has 3 N–H and O–H groups in total. The number of hydrogen-bond acceptors (Lipinski definition) is 4. The first-order valence-corrected chi connectivity index (χ1v) is 7.16. The van der Waals surface area contributed by atoms with E-state index in [0.717, 1.165) is 11.4 Å². The van der Waals surface area contributed by atoms with Gasteiger partial charge in [-0.25, -0.2) is 9.67 Å². The minimum absolute atomic E-state index is 0.203. The van der Waals surface area contributed by atoms with Gasteiger partial charge in [0.05, 0.1) is 28.5 Å². The van der Waals surface area contributed by atoms with Crippen molar-refractivity contribution >= 4 is 17.1 Å². The van der Waals surface area contributed by atoms with Crippen molar-refractivity contribution in [2.45, 2.75) is 6.92 Å². The molecule has 1 aliphatic rings. The van der Waals surface area contributed by atoms with Crippen molar-refractivity contribution in [1.29, 1.82) is 5.41 Å². The number of rotatable bonds is 2. The Morgan fingerprint density at radius 1 is 1.17 bits per heavy atom. The zero-order valence-corrected chi connectivity index (χ0v) is 12.9. The predicted octanol–water partition coefficient (Wildman–Crippen LogP) is 1.99. The van der Waals surface area contributed by atoms with Crippen LogP contribution in [0.2, 0.25) is 0 Å². The minimum Gasteiger partial charge on any atom is -0.397 e. The van der Waals surface area contributed by atoms with E-state index < -0.39 is 0 Å². The van der Waals surface area contributed by atoms with E-state index in [-0.39, 0.29) is 5.56 Å². The first kappa shape index (κ1) is 14.8. The van der Waals surface area contributed by atoms with Gasteiger partial charge >= 0.3 is 0 Å². The molecule has 1 aromatic heterocycles. The molecule has 0 fully saturated rings. The summed E-state index contributed by atoms with van der Waals surface area (Å²) in [5.41, 5.74) is 8.75. The number of allylic oxidation sites excluding steroid dienone is 3. The fourth-order valence-electron chi connectivity index (χ4n) is 2.46. The van der Waals surface area contributed by atoms with Crippen LogP contribution < -0.4 is 11.3 Å². The third kappa shape index (κ3) is 2.55. The lowest BCUT2D eigenvalue weighted by molar-refractivity contribution is 0.630. The second-order valence-corrected chi connectivity index (χ2v) is 5.30. The summed E-state index contributed by atoms with van der Waals surface area (Å²) in [5.74, 6) is 0. The third-order valence-electron chi connectivity index (χ3n) is 3.78. The molecule has 2 aromatic rings. The van der Waals surface area contributed by atoms with E-state index in [2.05, 4.69) is 4.99 Å². The molecule has 1 heterocycles. The molecule has 3 rings (SSSR count). The molecule has 0 bridgehead atoms. The molecule has 0 radical (unpaired) electrons. The van der Waals surface area contributed by atoms with Crippen molar-refractivity contribution in [3.63, 3.8) is 0 Å².